The fourth-order valence-electron chi connectivity index (χ4n) is 1.70. The second-order valence-corrected chi connectivity index (χ2v) is 4.51. The summed E-state index contributed by atoms with van der Waals surface area (Å²) in [5.41, 5.74) is 5.92. The highest BCUT2D eigenvalue weighted by Crippen LogP contribution is 2.12. The van der Waals surface area contributed by atoms with E-state index in [0.29, 0.717) is 18.0 Å². The van der Waals surface area contributed by atoms with E-state index in [0.717, 1.165) is 32.5 Å². The molecule has 0 radical (unpaired) electrons. The van der Waals surface area contributed by atoms with Crippen LogP contribution in [0.1, 0.15) is 26.7 Å². The molecule has 1 heterocycles. The van der Waals surface area contributed by atoms with E-state index in [1.54, 1.807) is 7.11 Å². The largest absolute Gasteiger partial charge is 0.381 e. The predicted molar refractivity (Wildman–Crippen MR) is 62.9 cm³/mol. The van der Waals surface area contributed by atoms with Crippen molar-refractivity contribution in [3.63, 3.8) is 0 Å². The van der Waals surface area contributed by atoms with Crippen LogP contribution in [0.4, 0.5) is 0 Å². The fraction of sp³-hybridized carbons (Fsp3) is 0.909. The lowest BCUT2D eigenvalue weighted by molar-refractivity contribution is 0.0575. The van der Waals surface area contributed by atoms with E-state index in [9.17, 15) is 0 Å². The van der Waals surface area contributed by atoms with Gasteiger partial charge in [-0.15, -0.1) is 0 Å². The molecule has 0 spiro atoms. The quantitative estimate of drug-likeness (QED) is 0.563. The zero-order chi connectivity index (χ0) is 11.3. The van der Waals surface area contributed by atoms with Gasteiger partial charge < -0.3 is 15.4 Å². The monoisotopic (exact) mass is 213 g/mol. The molecule has 2 N–H and O–H groups in total. The van der Waals surface area contributed by atoms with Crippen LogP contribution in [0.3, 0.4) is 0 Å². The number of hydrogen-bond acceptors (Lipinski definition) is 2. The minimum atomic E-state index is 0.402. The van der Waals surface area contributed by atoms with Crippen molar-refractivity contribution in [3.05, 3.63) is 0 Å². The molecule has 1 fully saturated rings. The van der Waals surface area contributed by atoms with E-state index in [2.05, 4.69) is 23.7 Å². The first-order valence-electron chi connectivity index (χ1n) is 5.71. The molecular formula is C11H23N3O. The van der Waals surface area contributed by atoms with Gasteiger partial charge in [0, 0.05) is 26.7 Å². The molecule has 1 rings (SSSR count). The third kappa shape index (κ3) is 4.08. The first-order chi connectivity index (χ1) is 7.13. The highest BCUT2D eigenvalue weighted by molar-refractivity contribution is 5.78. The molecule has 0 saturated carbocycles. The zero-order valence-corrected chi connectivity index (χ0v) is 10.1. The van der Waals surface area contributed by atoms with Crippen LogP contribution in [0, 0.1) is 5.92 Å². The van der Waals surface area contributed by atoms with Crippen molar-refractivity contribution in [2.45, 2.75) is 32.8 Å². The Morgan fingerprint density at radius 1 is 1.47 bits per heavy atom. The number of nitrogens with zero attached hydrogens (tertiary/aromatic N) is 2. The summed E-state index contributed by atoms with van der Waals surface area (Å²) < 4.78 is 5.31. The van der Waals surface area contributed by atoms with Crippen LogP contribution < -0.4 is 5.73 Å². The average molecular weight is 213 g/mol. The maximum atomic E-state index is 5.92. The minimum absolute atomic E-state index is 0.402. The fourth-order valence-corrected chi connectivity index (χ4v) is 1.70. The Labute approximate surface area is 92.5 Å². The third-order valence-electron chi connectivity index (χ3n) is 2.72. The number of ether oxygens (including phenoxy) is 1. The van der Waals surface area contributed by atoms with Gasteiger partial charge in [0.1, 0.15) is 0 Å². The molecule has 88 valence electrons. The number of aliphatic imine (C=N–C) groups is 1. The molecule has 4 heteroatoms. The summed E-state index contributed by atoms with van der Waals surface area (Å²) >= 11 is 0. The topological polar surface area (TPSA) is 50.9 Å². The van der Waals surface area contributed by atoms with Gasteiger partial charge in [0.15, 0.2) is 5.96 Å². The normalized spacial score (nSPS) is 20.0. The summed E-state index contributed by atoms with van der Waals surface area (Å²) in [5.74, 6) is 1.26. The summed E-state index contributed by atoms with van der Waals surface area (Å²) in [4.78, 5) is 6.53. The first kappa shape index (κ1) is 12.3. The highest BCUT2D eigenvalue weighted by atomic mass is 16.5. The van der Waals surface area contributed by atoms with Gasteiger partial charge in [-0.1, -0.05) is 13.8 Å². The van der Waals surface area contributed by atoms with Crippen LogP contribution in [0.5, 0.6) is 0 Å². The standard InChI is InChI=1S/C11H23N3O/c1-9(2)8-13-11(12)14-6-4-10(15-3)5-7-14/h9-10H,4-8H2,1-3H3,(H2,12,13). The van der Waals surface area contributed by atoms with Crippen molar-refractivity contribution in [2.75, 3.05) is 26.7 Å². The Hall–Kier alpha value is -0.770. The SMILES string of the molecule is COC1CCN(C(N)=NCC(C)C)CC1. The molecule has 1 aliphatic heterocycles. The minimum Gasteiger partial charge on any atom is -0.381 e. The number of hydrogen-bond donors (Lipinski definition) is 1. The van der Waals surface area contributed by atoms with Gasteiger partial charge in [-0.05, 0) is 18.8 Å². The van der Waals surface area contributed by atoms with Gasteiger partial charge in [-0.3, -0.25) is 4.99 Å². The summed E-state index contributed by atoms with van der Waals surface area (Å²) in [6.07, 6.45) is 2.50. The molecule has 1 aliphatic rings. The van der Waals surface area contributed by atoms with Crippen molar-refractivity contribution < 1.29 is 4.74 Å². The summed E-state index contributed by atoms with van der Waals surface area (Å²) in [6.45, 7) is 7.04. The van der Waals surface area contributed by atoms with E-state index >= 15 is 0 Å². The Kier molecular flexibility index (Phi) is 4.88. The van der Waals surface area contributed by atoms with Crippen LogP contribution in [0.15, 0.2) is 4.99 Å². The van der Waals surface area contributed by atoms with Crippen molar-refractivity contribution in [3.8, 4) is 0 Å². The molecule has 1 saturated heterocycles. The Morgan fingerprint density at radius 3 is 2.53 bits per heavy atom. The van der Waals surface area contributed by atoms with E-state index in [1.807, 2.05) is 0 Å². The second-order valence-electron chi connectivity index (χ2n) is 4.51. The Morgan fingerprint density at radius 2 is 2.07 bits per heavy atom. The molecule has 0 aromatic rings. The molecule has 0 amide bonds. The third-order valence-corrected chi connectivity index (χ3v) is 2.72. The Bertz CT molecular complexity index is 208. The maximum absolute atomic E-state index is 5.92. The lowest BCUT2D eigenvalue weighted by Crippen LogP contribution is -2.44. The van der Waals surface area contributed by atoms with E-state index in [-0.39, 0.29) is 0 Å². The van der Waals surface area contributed by atoms with E-state index in [1.165, 1.54) is 0 Å². The van der Waals surface area contributed by atoms with E-state index in [4.69, 9.17) is 10.5 Å². The summed E-state index contributed by atoms with van der Waals surface area (Å²) in [5, 5.41) is 0. The molecular weight excluding hydrogens is 190 g/mol. The number of rotatable bonds is 3. The van der Waals surface area contributed by atoms with Crippen LogP contribution in [0.2, 0.25) is 0 Å². The predicted octanol–water partition coefficient (Wildman–Crippen LogP) is 1.07. The van der Waals surface area contributed by atoms with Crippen LogP contribution in [-0.2, 0) is 4.74 Å². The lowest BCUT2D eigenvalue weighted by Gasteiger charge is -2.32. The molecule has 0 bridgehead atoms. The molecule has 0 unspecified atom stereocenters. The van der Waals surface area contributed by atoms with Crippen LogP contribution in [0.25, 0.3) is 0 Å². The zero-order valence-electron chi connectivity index (χ0n) is 10.1. The molecule has 0 aliphatic carbocycles. The van der Waals surface area contributed by atoms with Gasteiger partial charge in [0.25, 0.3) is 0 Å². The Balaban J connectivity index is 2.35. The number of piperidine rings is 1. The van der Waals surface area contributed by atoms with Crippen molar-refractivity contribution >= 4 is 5.96 Å². The van der Waals surface area contributed by atoms with Gasteiger partial charge in [0.05, 0.1) is 6.10 Å². The molecule has 0 aromatic heterocycles. The van der Waals surface area contributed by atoms with Gasteiger partial charge >= 0.3 is 0 Å². The number of nitrogens with two attached hydrogens (primary N) is 1. The molecule has 0 aromatic carbocycles. The van der Waals surface area contributed by atoms with Crippen molar-refractivity contribution in [2.24, 2.45) is 16.6 Å². The maximum Gasteiger partial charge on any atom is 0.191 e. The second kappa shape index (κ2) is 5.95. The number of guanidine groups is 1. The van der Waals surface area contributed by atoms with Gasteiger partial charge in [0.2, 0.25) is 0 Å². The highest BCUT2D eigenvalue weighted by Gasteiger charge is 2.19. The van der Waals surface area contributed by atoms with Gasteiger partial charge in [-0.25, -0.2) is 0 Å². The van der Waals surface area contributed by atoms with E-state index < -0.39 is 0 Å². The molecule has 0 atom stereocenters. The number of methoxy groups -OCH3 is 1. The number of likely N-dealkylation sites (tertiary alicyclic amines) is 1. The average Bonchev–Trinajstić information content (AvgIpc) is 2.26. The first-order valence-corrected chi connectivity index (χ1v) is 5.71. The van der Waals surface area contributed by atoms with Crippen molar-refractivity contribution in [1.82, 2.24) is 4.90 Å². The lowest BCUT2D eigenvalue weighted by atomic mass is 10.1. The summed E-state index contributed by atoms with van der Waals surface area (Å²) in [7, 11) is 1.77. The molecule has 15 heavy (non-hydrogen) atoms. The summed E-state index contributed by atoms with van der Waals surface area (Å²) in [6, 6.07) is 0. The van der Waals surface area contributed by atoms with Crippen LogP contribution in [-0.4, -0.2) is 43.7 Å². The van der Waals surface area contributed by atoms with Crippen molar-refractivity contribution in [1.29, 1.82) is 0 Å². The smallest absolute Gasteiger partial charge is 0.191 e. The van der Waals surface area contributed by atoms with Crippen LogP contribution >= 0.6 is 0 Å². The molecule has 4 nitrogen and oxygen atoms in total. The van der Waals surface area contributed by atoms with Gasteiger partial charge in [-0.2, -0.15) is 0 Å².